The Kier molecular flexibility index (Phi) is 11.0. The largest absolute Gasteiger partial charge is 0.489 e. The van der Waals surface area contributed by atoms with Crippen LogP contribution < -0.4 is 25.0 Å². The van der Waals surface area contributed by atoms with Gasteiger partial charge in [-0.25, -0.2) is 9.97 Å². The minimum atomic E-state index is -1.00. The number of anilines is 1. The summed E-state index contributed by atoms with van der Waals surface area (Å²) < 4.78 is 12.5. The van der Waals surface area contributed by atoms with Crippen LogP contribution >= 0.6 is 11.6 Å². The van der Waals surface area contributed by atoms with Crippen molar-refractivity contribution in [2.24, 2.45) is 10.8 Å². The third-order valence-electron chi connectivity index (χ3n) is 12.6. The number of imide groups is 2. The molecule has 1 aromatic heterocycles. The Hall–Kier alpha value is -5.63. The molecule has 0 bridgehead atoms. The second-order valence-corrected chi connectivity index (χ2v) is 17.8. The molecule has 5 heterocycles. The van der Waals surface area contributed by atoms with Crippen molar-refractivity contribution >= 4 is 47.1 Å². The van der Waals surface area contributed by atoms with Gasteiger partial charge in [0.1, 0.15) is 35.8 Å². The van der Waals surface area contributed by atoms with Crippen LogP contribution in [-0.2, 0) is 9.59 Å². The van der Waals surface area contributed by atoms with Gasteiger partial charge in [0.05, 0.1) is 27.3 Å². The number of ether oxygens (including phenoxy) is 2. The van der Waals surface area contributed by atoms with Gasteiger partial charge < -0.3 is 19.7 Å². The minimum absolute atomic E-state index is 0.0343. The molecule has 5 amide bonds. The van der Waals surface area contributed by atoms with Crippen LogP contribution in [0.25, 0.3) is 0 Å². The predicted molar refractivity (Wildman–Crippen MR) is 219 cm³/mol. The van der Waals surface area contributed by atoms with Gasteiger partial charge in [-0.05, 0) is 56.3 Å². The number of likely N-dealkylation sites (tertiary alicyclic amines) is 1. The molecule has 2 aromatic carbocycles. The first-order chi connectivity index (χ1) is 28.6. The van der Waals surface area contributed by atoms with E-state index in [1.165, 1.54) is 0 Å². The molecule has 0 spiro atoms. The third-order valence-corrected chi connectivity index (χ3v) is 12.9. The van der Waals surface area contributed by atoms with E-state index in [1.807, 2.05) is 0 Å². The number of nitrogens with one attached hydrogen (secondary N) is 2. The number of carbonyl (C=O) groups is 5. The van der Waals surface area contributed by atoms with Gasteiger partial charge in [0.15, 0.2) is 0 Å². The van der Waals surface area contributed by atoms with E-state index in [0.29, 0.717) is 33.6 Å². The Morgan fingerprint density at radius 3 is 2.22 bits per heavy atom. The molecular weight excluding hydrogens is 790 g/mol. The maximum absolute atomic E-state index is 13.4. The molecule has 60 heavy (non-hydrogen) atoms. The molecule has 1 atom stereocenters. The van der Waals surface area contributed by atoms with E-state index in [2.05, 4.69) is 69.1 Å². The molecule has 3 saturated heterocycles. The Bertz CT molecular complexity index is 2250. The summed E-state index contributed by atoms with van der Waals surface area (Å²) in [6.45, 7) is 15.0. The van der Waals surface area contributed by atoms with Crippen LogP contribution in [0.3, 0.4) is 0 Å². The van der Waals surface area contributed by atoms with Crippen molar-refractivity contribution in [3.8, 4) is 17.6 Å². The van der Waals surface area contributed by atoms with Crippen LogP contribution in [0.1, 0.15) is 83.6 Å². The number of nitrogens with zero attached hydrogens (tertiary/aromatic N) is 7. The Morgan fingerprint density at radius 2 is 1.55 bits per heavy atom. The molecule has 5 aliphatic rings. The maximum atomic E-state index is 13.4. The van der Waals surface area contributed by atoms with Crippen LogP contribution in [0.2, 0.25) is 5.02 Å². The van der Waals surface area contributed by atoms with Gasteiger partial charge in [-0.3, -0.25) is 44.0 Å². The molecular formula is C43H48ClN9O7. The summed E-state index contributed by atoms with van der Waals surface area (Å²) in [7, 11) is 0. The normalized spacial score (nSPS) is 23.9. The van der Waals surface area contributed by atoms with Gasteiger partial charge in [-0.15, -0.1) is 0 Å². The number of carbonyl (C=O) groups excluding carboxylic acids is 5. The fraction of sp³-hybridized carbons (Fsp3) is 0.488. The first-order valence-corrected chi connectivity index (χ1v) is 20.7. The van der Waals surface area contributed by atoms with E-state index in [9.17, 15) is 29.2 Å². The highest BCUT2D eigenvalue weighted by Crippen LogP contribution is 2.55. The fourth-order valence-corrected chi connectivity index (χ4v) is 9.81. The molecule has 4 fully saturated rings. The molecule has 17 heteroatoms. The van der Waals surface area contributed by atoms with Crippen molar-refractivity contribution in [3.05, 3.63) is 76.1 Å². The smallest absolute Gasteiger partial charge is 0.262 e. The van der Waals surface area contributed by atoms with Gasteiger partial charge in [0.2, 0.25) is 17.8 Å². The SMILES string of the molecule is CC1(C)C(NC(=O)c2cnc(N3CCN(CCCN4CC(Oc5ccc6c(c5)C(=O)N(C5CCC(=O)NC5=O)C6=O)C4)CC3)nc2)C(C)(C)C1Oc1ccc(C#N)c(Cl)c1. The lowest BCUT2D eigenvalue weighted by molar-refractivity contribution is -0.164. The summed E-state index contributed by atoms with van der Waals surface area (Å²) >= 11 is 6.23. The van der Waals surface area contributed by atoms with Crippen molar-refractivity contribution in [3.63, 3.8) is 0 Å². The Morgan fingerprint density at radius 1 is 0.900 bits per heavy atom. The number of amides is 5. The van der Waals surface area contributed by atoms with E-state index < -0.39 is 40.5 Å². The average Bonchev–Trinajstić information content (AvgIpc) is 3.45. The molecule has 3 aromatic rings. The first kappa shape index (κ1) is 41.1. The zero-order valence-corrected chi connectivity index (χ0v) is 34.8. The summed E-state index contributed by atoms with van der Waals surface area (Å²) in [5.74, 6) is -0.697. The lowest BCUT2D eigenvalue weighted by Gasteiger charge is -2.63. The molecule has 0 radical (unpaired) electrons. The fourth-order valence-electron chi connectivity index (χ4n) is 9.60. The zero-order valence-electron chi connectivity index (χ0n) is 34.1. The number of benzene rings is 2. The second-order valence-electron chi connectivity index (χ2n) is 17.4. The highest BCUT2D eigenvalue weighted by Gasteiger charge is 2.64. The van der Waals surface area contributed by atoms with Crippen molar-refractivity contribution in [2.45, 2.75) is 71.2 Å². The van der Waals surface area contributed by atoms with Crippen molar-refractivity contribution in [1.82, 2.24) is 35.3 Å². The lowest BCUT2D eigenvalue weighted by atomic mass is 9.49. The monoisotopic (exact) mass is 837 g/mol. The molecule has 1 aliphatic carbocycles. The summed E-state index contributed by atoms with van der Waals surface area (Å²) in [4.78, 5) is 80.4. The standard InChI is InChI=1S/C43H48ClN9O7/c1-42(2)39(43(3,4)40(42)60-28-7-6-25(20-45)32(44)19-28)49-35(55)26-21-46-41(47-22-26)52-16-14-50(15-17-52)12-5-13-51-23-29(24-51)59-27-8-9-30-31(18-27)38(58)53(37(30)57)33-10-11-34(54)48-36(33)56/h6-9,18-19,21-22,29,33,39-40H,5,10-17,23-24H2,1-4H3,(H,49,55)(H,48,54,56). The van der Waals surface area contributed by atoms with Crippen LogP contribution in [-0.4, -0.2) is 131 Å². The molecule has 2 N–H and O–H groups in total. The van der Waals surface area contributed by atoms with E-state index in [1.54, 1.807) is 48.8 Å². The summed E-state index contributed by atoms with van der Waals surface area (Å²) in [5, 5.41) is 14.9. The number of nitriles is 1. The minimum Gasteiger partial charge on any atom is -0.489 e. The van der Waals surface area contributed by atoms with E-state index in [4.69, 9.17) is 21.1 Å². The number of rotatable bonds is 12. The summed E-state index contributed by atoms with van der Waals surface area (Å²) in [6.07, 6.45) is 4.11. The maximum Gasteiger partial charge on any atom is 0.262 e. The number of halogens is 1. The van der Waals surface area contributed by atoms with Crippen molar-refractivity contribution in [1.29, 1.82) is 5.26 Å². The molecule has 16 nitrogen and oxygen atoms in total. The topological polar surface area (TPSA) is 190 Å². The van der Waals surface area contributed by atoms with E-state index in [-0.39, 0.29) is 48.1 Å². The quantitative estimate of drug-likeness (QED) is 0.253. The number of piperidine rings is 1. The third kappa shape index (κ3) is 7.77. The Labute approximate surface area is 353 Å². The van der Waals surface area contributed by atoms with Crippen LogP contribution in [0, 0.1) is 22.2 Å². The number of piperazine rings is 1. The highest BCUT2D eigenvalue weighted by atomic mass is 35.5. The van der Waals surface area contributed by atoms with E-state index in [0.717, 1.165) is 63.7 Å². The average molecular weight is 838 g/mol. The summed E-state index contributed by atoms with van der Waals surface area (Å²) in [6, 6.07) is 10.7. The summed E-state index contributed by atoms with van der Waals surface area (Å²) in [5.41, 5.74) is 0.430. The van der Waals surface area contributed by atoms with Crippen molar-refractivity contribution < 1.29 is 33.4 Å². The predicted octanol–water partition coefficient (Wildman–Crippen LogP) is 3.29. The molecule has 1 saturated carbocycles. The Balaban J connectivity index is 0.738. The molecule has 8 rings (SSSR count). The van der Waals surface area contributed by atoms with Crippen molar-refractivity contribution in [2.75, 3.05) is 57.3 Å². The van der Waals surface area contributed by atoms with Gasteiger partial charge in [-0.2, -0.15) is 5.26 Å². The van der Waals surface area contributed by atoms with Crippen LogP contribution in [0.5, 0.6) is 11.5 Å². The number of aromatic nitrogens is 2. The van der Waals surface area contributed by atoms with Gasteiger partial charge in [0, 0.05) is 81.0 Å². The number of hydrogen-bond acceptors (Lipinski definition) is 13. The molecule has 4 aliphatic heterocycles. The number of hydrogen-bond donors (Lipinski definition) is 2. The van der Waals surface area contributed by atoms with Gasteiger partial charge in [-0.1, -0.05) is 39.3 Å². The molecule has 1 unspecified atom stereocenters. The van der Waals surface area contributed by atoms with Gasteiger partial charge >= 0.3 is 0 Å². The highest BCUT2D eigenvalue weighted by molar-refractivity contribution is 6.31. The van der Waals surface area contributed by atoms with Crippen LogP contribution in [0.4, 0.5) is 5.95 Å². The second kappa shape index (κ2) is 16.1. The first-order valence-electron chi connectivity index (χ1n) is 20.3. The lowest BCUT2D eigenvalue weighted by Crippen LogP contribution is -2.74. The number of fused-ring (bicyclic) bond motifs is 1. The van der Waals surface area contributed by atoms with Crippen LogP contribution in [0.15, 0.2) is 48.8 Å². The zero-order chi connectivity index (χ0) is 42.5. The van der Waals surface area contributed by atoms with Gasteiger partial charge in [0.25, 0.3) is 17.7 Å². The molecule has 314 valence electrons. The van der Waals surface area contributed by atoms with E-state index >= 15 is 0 Å².